The molecule has 1 heterocycles. The average Bonchev–Trinajstić information content (AvgIpc) is 3.38. The summed E-state index contributed by atoms with van der Waals surface area (Å²) in [5.41, 5.74) is 1.18. The van der Waals surface area contributed by atoms with E-state index in [-0.39, 0.29) is 57.8 Å². The lowest BCUT2D eigenvalue weighted by atomic mass is 9.33. The van der Waals surface area contributed by atoms with Crippen molar-refractivity contribution in [1.29, 1.82) is 0 Å². The summed E-state index contributed by atoms with van der Waals surface area (Å²) in [5.74, 6) is -0.0389. The van der Waals surface area contributed by atoms with Crippen molar-refractivity contribution in [1.82, 2.24) is 10.3 Å². The van der Waals surface area contributed by atoms with E-state index in [2.05, 4.69) is 58.8 Å². The van der Waals surface area contributed by atoms with Gasteiger partial charge in [0.25, 0.3) is 0 Å². The van der Waals surface area contributed by atoms with Crippen molar-refractivity contribution >= 4 is 29.3 Å². The number of hydrogen-bond donors (Lipinski definition) is 3. The third-order valence-electron chi connectivity index (χ3n) is 16.3. The molecule has 0 bridgehead atoms. The quantitative estimate of drug-likeness (QED) is 0.202. The van der Waals surface area contributed by atoms with Gasteiger partial charge in [-0.25, -0.2) is 0 Å². The number of carbonyl (C=O) groups is 3. The van der Waals surface area contributed by atoms with E-state index in [1.54, 1.807) is 20.0 Å². The zero-order valence-corrected chi connectivity index (χ0v) is 34.7. The van der Waals surface area contributed by atoms with Gasteiger partial charge in [0.1, 0.15) is 6.10 Å². The molecule has 9 heteroatoms. The van der Waals surface area contributed by atoms with E-state index in [9.17, 15) is 24.6 Å². The van der Waals surface area contributed by atoms with Gasteiger partial charge in [0.2, 0.25) is 0 Å². The fourth-order valence-electron chi connectivity index (χ4n) is 13.1. The maximum atomic E-state index is 14.1. The van der Waals surface area contributed by atoms with Crippen LogP contribution in [0.5, 0.6) is 0 Å². The predicted octanol–water partition coefficient (Wildman–Crippen LogP) is 9.14. The summed E-state index contributed by atoms with van der Waals surface area (Å²) in [4.78, 5) is 43.4. The molecule has 10 atom stereocenters. The first-order valence-corrected chi connectivity index (χ1v) is 20.7. The molecule has 294 valence electrons. The number of esters is 1. The zero-order chi connectivity index (χ0) is 39.1. The number of rotatable bonds is 10. The number of Topliss-reactive ketones (excluding diaryl/α,β-unsaturated/α-hetero) is 1. The number of ketones is 1. The normalized spacial score (nSPS) is 37.6. The molecule has 0 saturated heterocycles. The van der Waals surface area contributed by atoms with E-state index in [1.165, 1.54) is 5.57 Å². The van der Waals surface area contributed by atoms with Crippen molar-refractivity contribution in [2.75, 3.05) is 6.54 Å². The number of carbonyl (C=O) groups excluding carboxylic acids is 2. The summed E-state index contributed by atoms with van der Waals surface area (Å²) in [7, 11) is 0. The van der Waals surface area contributed by atoms with E-state index >= 15 is 0 Å². The molecule has 5 aliphatic carbocycles. The molecule has 0 spiro atoms. The molecular formula is C44H65ClN2O6. The maximum absolute atomic E-state index is 14.1. The molecule has 0 unspecified atom stereocenters. The van der Waals surface area contributed by atoms with Crippen LogP contribution in [-0.2, 0) is 19.1 Å². The number of aliphatic hydroxyl groups is 1. The van der Waals surface area contributed by atoms with Crippen molar-refractivity contribution in [2.24, 2.45) is 56.2 Å². The summed E-state index contributed by atoms with van der Waals surface area (Å²) >= 11 is 6.09. The van der Waals surface area contributed by atoms with E-state index in [0.29, 0.717) is 29.8 Å². The Morgan fingerprint density at radius 3 is 2.30 bits per heavy atom. The van der Waals surface area contributed by atoms with Gasteiger partial charge in [0.05, 0.1) is 28.7 Å². The average molecular weight is 753 g/mol. The fraction of sp³-hybridized carbons (Fsp3) is 0.773. The van der Waals surface area contributed by atoms with E-state index in [1.807, 2.05) is 19.1 Å². The van der Waals surface area contributed by atoms with Crippen molar-refractivity contribution in [3.63, 3.8) is 0 Å². The van der Waals surface area contributed by atoms with Gasteiger partial charge >= 0.3 is 11.9 Å². The number of aliphatic hydroxyl groups excluding tert-OH is 1. The van der Waals surface area contributed by atoms with Crippen LogP contribution in [0.1, 0.15) is 145 Å². The maximum Gasteiger partial charge on any atom is 0.309 e. The number of nitrogens with zero attached hydrogens (tertiary/aromatic N) is 1. The molecule has 5 aliphatic rings. The third-order valence-corrected chi connectivity index (χ3v) is 16.5. The number of carboxylic acid groups (broad SMARTS) is 1. The number of nitrogens with one attached hydrogen (secondary N) is 1. The van der Waals surface area contributed by atoms with Gasteiger partial charge in [0.15, 0.2) is 5.78 Å². The van der Waals surface area contributed by atoms with Crippen LogP contribution in [0.25, 0.3) is 0 Å². The SMILES string of the molecule is CC(C)C1=C2[C@H]3CC[C@@H]4[C@@]5(C)CC[C@H](OC(=O)CC(C)(C)C(=O)O)C(C)(C)[C@@H]5CC[C@@]4(C)[C@]3(C)CC[C@@]2([C@@H](O)CN[C@@H](C)c2ccc(Cl)cn2)CC1=O. The number of hydrogen-bond acceptors (Lipinski definition) is 7. The Labute approximate surface area is 322 Å². The first kappa shape index (κ1) is 40.4. The monoisotopic (exact) mass is 752 g/mol. The largest absolute Gasteiger partial charge is 0.481 e. The summed E-state index contributed by atoms with van der Waals surface area (Å²) in [5, 5.41) is 26.0. The Morgan fingerprint density at radius 2 is 1.68 bits per heavy atom. The van der Waals surface area contributed by atoms with Gasteiger partial charge < -0.3 is 20.3 Å². The lowest BCUT2D eigenvalue weighted by molar-refractivity contribution is -0.235. The minimum atomic E-state index is -1.17. The molecule has 1 aromatic rings. The highest BCUT2D eigenvalue weighted by Gasteiger charge is 2.70. The van der Waals surface area contributed by atoms with Gasteiger partial charge in [-0.1, -0.05) is 65.6 Å². The van der Waals surface area contributed by atoms with Gasteiger partial charge in [-0.2, -0.15) is 0 Å². The van der Waals surface area contributed by atoms with E-state index in [0.717, 1.165) is 62.6 Å². The number of ether oxygens (including phenoxy) is 1. The smallest absolute Gasteiger partial charge is 0.309 e. The molecule has 4 saturated carbocycles. The van der Waals surface area contributed by atoms with Crippen molar-refractivity contribution in [3.8, 4) is 0 Å². The van der Waals surface area contributed by atoms with Crippen LogP contribution in [0, 0.1) is 56.2 Å². The molecule has 6 rings (SSSR count). The summed E-state index contributed by atoms with van der Waals surface area (Å²) in [6.07, 6.45) is 8.65. The minimum absolute atomic E-state index is 0.0307. The van der Waals surface area contributed by atoms with Crippen LogP contribution in [0.2, 0.25) is 5.02 Å². The predicted molar refractivity (Wildman–Crippen MR) is 207 cm³/mol. The van der Waals surface area contributed by atoms with Gasteiger partial charge in [0, 0.05) is 36.0 Å². The lowest BCUT2D eigenvalue weighted by Crippen LogP contribution is -2.66. The molecule has 1 aromatic heterocycles. The molecule has 8 nitrogen and oxygen atoms in total. The Kier molecular flexibility index (Phi) is 10.5. The lowest BCUT2D eigenvalue weighted by Gasteiger charge is -2.72. The van der Waals surface area contributed by atoms with Crippen molar-refractivity contribution in [3.05, 3.63) is 40.2 Å². The summed E-state index contributed by atoms with van der Waals surface area (Å²) in [6, 6.07) is 3.67. The Balaban J connectivity index is 1.26. The highest BCUT2D eigenvalue weighted by molar-refractivity contribution is 6.30. The number of aliphatic carboxylic acids is 1. The van der Waals surface area contributed by atoms with Crippen molar-refractivity contribution in [2.45, 2.75) is 152 Å². The Bertz CT molecular complexity index is 1650. The number of fused-ring (bicyclic) bond motifs is 7. The number of carboxylic acids is 1. The molecule has 0 aliphatic heterocycles. The van der Waals surface area contributed by atoms with Crippen LogP contribution in [0.4, 0.5) is 0 Å². The Hall–Kier alpha value is -2.29. The first-order valence-electron chi connectivity index (χ1n) is 20.3. The van der Waals surface area contributed by atoms with E-state index < -0.39 is 28.9 Å². The molecular weight excluding hydrogens is 688 g/mol. The molecule has 0 amide bonds. The standard InChI is InChI=1S/C44H65ClN2O6/c1-25(2)36-30(48)21-44(33(49)24-46-26(3)29-13-11-27(45)23-47-29)20-19-42(9)28(37(36)44)12-14-32-41(8)17-16-34(53-35(50)22-39(4,5)38(51)52)40(6,7)31(41)15-18-43(32,42)10/h11,13,23,25-26,28,31-34,46,49H,12,14-22,24H2,1-10H3,(H,51,52)/t26-,28+,31-,32+,33-,34-,41-,42+,43+,44-/m0/s1. The second-order valence-electron chi connectivity index (χ2n) is 20.1. The highest BCUT2D eigenvalue weighted by atomic mass is 35.5. The molecule has 53 heavy (non-hydrogen) atoms. The van der Waals surface area contributed by atoms with Crippen LogP contribution in [-0.4, -0.2) is 51.7 Å². The first-order chi connectivity index (χ1) is 24.5. The highest BCUT2D eigenvalue weighted by Crippen LogP contribution is 2.77. The number of allylic oxidation sites excluding steroid dienone is 1. The van der Waals surface area contributed by atoms with Gasteiger partial charge in [-0.15, -0.1) is 0 Å². The van der Waals surface area contributed by atoms with Gasteiger partial charge in [-0.3, -0.25) is 19.4 Å². The molecule has 4 fully saturated rings. The minimum Gasteiger partial charge on any atom is -0.481 e. The number of halogens is 1. The molecule has 0 radical (unpaired) electrons. The van der Waals surface area contributed by atoms with Crippen molar-refractivity contribution < 1.29 is 29.3 Å². The molecule has 3 N–H and O–H groups in total. The van der Waals surface area contributed by atoms with E-state index in [4.69, 9.17) is 16.3 Å². The summed E-state index contributed by atoms with van der Waals surface area (Å²) < 4.78 is 6.17. The number of aromatic nitrogens is 1. The second-order valence-corrected chi connectivity index (χ2v) is 20.5. The summed E-state index contributed by atoms with van der Waals surface area (Å²) in [6.45, 7) is 22.0. The van der Waals surface area contributed by atoms with Crippen LogP contribution < -0.4 is 5.32 Å². The topological polar surface area (TPSA) is 126 Å². The van der Waals surface area contributed by atoms with Crippen LogP contribution in [0.3, 0.4) is 0 Å². The number of pyridine rings is 1. The molecule has 0 aromatic carbocycles. The Morgan fingerprint density at radius 1 is 0.981 bits per heavy atom. The zero-order valence-electron chi connectivity index (χ0n) is 33.9. The third kappa shape index (κ3) is 6.33. The second kappa shape index (κ2) is 13.7. The van der Waals surface area contributed by atoms with Crippen LogP contribution in [0.15, 0.2) is 29.5 Å². The van der Waals surface area contributed by atoms with Crippen LogP contribution >= 0.6 is 11.6 Å². The fourth-order valence-corrected chi connectivity index (χ4v) is 13.3. The van der Waals surface area contributed by atoms with Gasteiger partial charge in [-0.05, 0) is 130 Å².